The molecule has 1 aliphatic rings. The molecule has 2 heterocycles. The fourth-order valence-electron chi connectivity index (χ4n) is 1.69. The Bertz CT molecular complexity index is 364. The van der Waals surface area contributed by atoms with E-state index in [1.807, 2.05) is 19.9 Å². The number of hydrogen-bond donors (Lipinski definition) is 0. The van der Waals surface area contributed by atoms with Gasteiger partial charge < -0.3 is 9.47 Å². The molecule has 0 radical (unpaired) electrons. The maximum absolute atomic E-state index is 12.0. The second kappa shape index (κ2) is 4.43. The fourth-order valence-corrected chi connectivity index (χ4v) is 2.62. The van der Waals surface area contributed by atoms with Crippen LogP contribution in [0.3, 0.4) is 0 Å². The molecule has 0 N–H and O–H groups in total. The molecular formula is C11H14O3S. The zero-order valence-electron chi connectivity index (χ0n) is 8.91. The fraction of sp³-hybridized carbons (Fsp3) is 0.545. The zero-order valence-corrected chi connectivity index (χ0v) is 9.73. The van der Waals surface area contributed by atoms with Crippen molar-refractivity contribution in [3.8, 4) is 0 Å². The number of aryl methyl sites for hydroxylation is 2. The molecular weight excluding hydrogens is 212 g/mol. The molecule has 1 aromatic heterocycles. The van der Waals surface area contributed by atoms with Gasteiger partial charge in [0.1, 0.15) is 6.10 Å². The number of thiophene rings is 1. The maximum atomic E-state index is 12.0. The van der Waals surface area contributed by atoms with Crippen molar-refractivity contribution in [1.29, 1.82) is 0 Å². The highest BCUT2D eigenvalue weighted by Gasteiger charge is 2.25. The molecule has 1 unspecified atom stereocenters. The lowest BCUT2D eigenvalue weighted by Crippen LogP contribution is -2.35. The van der Waals surface area contributed by atoms with Gasteiger partial charge in [0.05, 0.1) is 19.8 Å². The summed E-state index contributed by atoms with van der Waals surface area (Å²) in [6.07, 6.45) is -0.411. The summed E-state index contributed by atoms with van der Waals surface area (Å²) in [6.45, 7) is 5.46. The molecule has 82 valence electrons. The van der Waals surface area contributed by atoms with Gasteiger partial charge in [0, 0.05) is 15.3 Å². The number of ether oxygens (including phenoxy) is 2. The average Bonchev–Trinajstić information content (AvgIpc) is 2.58. The first-order valence-electron chi connectivity index (χ1n) is 4.99. The van der Waals surface area contributed by atoms with Crippen LogP contribution in [0.2, 0.25) is 0 Å². The number of Topliss-reactive ketones (excluding diaryl/α,β-unsaturated/α-hetero) is 1. The van der Waals surface area contributed by atoms with E-state index >= 15 is 0 Å². The Kier molecular flexibility index (Phi) is 3.19. The molecule has 4 heteroatoms. The zero-order chi connectivity index (χ0) is 10.8. The van der Waals surface area contributed by atoms with Crippen LogP contribution in [0.25, 0.3) is 0 Å². The molecule has 1 atom stereocenters. The Hall–Kier alpha value is -0.710. The van der Waals surface area contributed by atoms with E-state index in [1.54, 1.807) is 11.3 Å². The molecule has 1 aromatic rings. The largest absolute Gasteiger partial charge is 0.376 e. The van der Waals surface area contributed by atoms with Crippen molar-refractivity contribution in [2.45, 2.75) is 20.0 Å². The van der Waals surface area contributed by atoms with E-state index in [-0.39, 0.29) is 5.78 Å². The molecule has 0 bridgehead atoms. The summed E-state index contributed by atoms with van der Waals surface area (Å²) in [5.41, 5.74) is 0.785. The summed E-state index contributed by atoms with van der Waals surface area (Å²) in [7, 11) is 0. The van der Waals surface area contributed by atoms with Crippen LogP contribution in [0, 0.1) is 13.8 Å². The van der Waals surface area contributed by atoms with Gasteiger partial charge in [0.2, 0.25) is 0 Å². The van der Waals surface area contributed by atoms with Crippen molar-refractivity contribution in [3.05, 3.63) is 21.4 Å². The van der Waals surface area contributed by atoms with Crippen molar-refractivity contribution < 1.29 is 14.3 Å². The van der Waals surface area contributed by atoms with Gasteiger partial charge in [-0.2, -0.15) is 0 Å². The topological polar surface area (TPSA) is 35.5 Å². The van der Waals surface area contributed by atoms with Crippen LogP contribution in [0.15, 0.2) is 6.07 Å². The highest BCUT2D eigenvalue weighted by molar-refractivity contribution is 7.12. The van der Waals surface area contributed by atoms with E-state index in [1.165, 1.54) is 0 Å². The van der Waals surface area contributed by atoms with Crippen LogP contribution in [0.5, 0.6) is 0 Å². The second-order valence-corrected chi connectivity index (χ2v) is 5.09. The smallest absolute Gasteiger partial charge is 0.195 e. The molecule has 0 spiro atoms. The molecule has 1 fully saturated rings. The highest BCUT2D eigenvalue weighted by Crippen LogP contribution is 2.23. The third kappa shape index (κ3) is 2.27. The van der Waals surface area contributed by atoms with E-state index in [9.17, 15) is 4.79 Å². The second-order valence-electron chi connectivity index (χ2n) is 3.63. The van der Waals surface area contributed by atoms with E-state index in [4.69, 9.17) is 9.47 Å². The Labute approximate surface area is 93.0 Å². The number of carbonyl (C=O) groups excluding carboxylic acids is 1. The van der Waals surface area contributed by atoms with Crippen LogP contribution in [0.1, 0.15) is 20.1 Å². The van der Waals surface area contributed by atoms with Gasteiger partial charge in [-0.05, 0) is 19.9 Å². The van der Waals surface area contributed by atoms with Crippen molar-refractivity contribution in [2.75, 3.05) is 19.8 Å². The lowest BCUT2D eigenvalue weighted by Gasteiger charge is -2.21. The number of hydrogen-bond acceptors (Lipinski definition) is 4. The van der Waals surface area contributed by atoms with E-state index in [0.29, 0.717) is 19.8 Å². The quantitative estimate of drug-likeness (QED) is 0.723. The molecule has 0 aromatic carbocycles. The number of rotatable bonds is 2. The van der Waals surface area contributed by atoms with Crippen LogP contribution in [-0.4, -0.2) is 31.7 Å². The first kappa shape index (κ1) is 10.8. The summed E-state index contributed by atoms with van der Waals surface area (Å²) in [6, 6.07) is 1.93. The van der Waals surface area contributed by atoms with Crippen molar-refractivity contribution in [2.24, 2.45) is 0 Å². The monoisotopic (exact) mass is 226 g/mol. The van der Waals surface area contributed by atoms with Gasteiger partial charge in [0.15, 0.2) is 5.78 Å². The van der Waals surface area contributed by atoms with Crippen LogP contribution < -0.4 is 0 Å². The minimum absolute atomic E-state index is 0.0524. The third-order valence-electron chi connectivity index (χ3n) is 2.41. The Morgan fingerprint density at radius 1 is 1.47 bits per heavy atom. The van der Waals surface area contributed by atoms with E-state index in [2.05, 4.69) is 0 Å². The van der Waals surface area contributed by atoms with Crippen molar-refractivity contribution >= 4 is 17.1 Å². The SMILES string of the molecule is Cc1cc(C(=O)C2COCCO2)c(C)s1. The minimum atomic E-state index is -0.411. The van der Waals surface area contributed by atoms with Gasteiger partial charge in [-0.1, -0.05) is 0 Å². The summed E-state index contributed by atoms with van der Waals surface area (Å²) >= 11 is 1.64. The minimum Gasteiger partial charge on any atom is -0.376 e. The maximum Gasteiger partial charge on any atom is 0.195 e. The molecule has 1 saturated heterocycles. The van der Waals surface area contributed by atoms with Crippen molar-refractivity contribution in [3.63, 3.8) is 0 Å². The molecule has 1 aliphatic heterocycles. The molecule has 2 rings (SSSR count). The van der Waals surface area contributed by atoms with Crippen molar-refractivity contribution in [1.82, 2.24) is 0 Å². The van der Waals surface area contributed by atoms with Gasteiger partial charge in [0.25, 0.3) is 0 Å². The molecule has 0 amide bonds. The van der Waals surface area contributed by atoms with E-state index < -0.39 is 6.10 Å². The first-order valence-corrected chi connectivity index (χ1v) is 5.80. The predicted octanol–water partition coefficient (Wildman–Crippen LogP) is 1.96. The predicted molar refractivity (Wildman–Crippen MR) is 58.7 cm³/mol. The summed E-state index contributed by atoms with van der Waals surface area (Å²) in [5, 5.41) is 0. The Balaban J connectivity index is 2.16. The van der Waals surface area contributed by atoms with Gasteiger partial charge >= 0.3 is 0 Å². The van der Waals surface area contributed by atoms with Crippen LogP contribution >= 0.6 is 11.3 Å². The lowest BCUT2D eigenvalue weighted by molar-refractivity contribution is -0.0719. The molecule has 0 aliphatic carbocycles. The van der Waals surface area contributed by atoms with E-state index in [0.717, 1.165) is 15.3 Å². The highest BCUT2D eigenvalue weighted by atomic mass is 32.1. The van der Waals surface area contributed by atoms with Crippen LogP contribution in [-0.2, 0) is 9.47 Å². The van der Waals surface area contributed by atoms with Gasteiger partial charge in [-0.15, -0.1) is 11.3 Å². The molecule has 0 saturated carbocycles. The average molecular weight is 226 g/mol. The van der Waals surface area contributed by atoms with Crippen LogP contribution in [0.4, 0.5) is 0 Å². The molecule has 3 nitrogen and oxygen atoms in total. The van der Waals surface area contributed by atoms with Gasteiger partial charge in [-0.3, -0.25) is 4.79 Å². The normalized spacial score (nSPS) is 21.6. The number of ketones is 1. The Morgan fingerprint density at radius 3 is 2.80 bits per heavy atom. The Morgan fingerprint density at radius 2 is 2.27 bits per heavy atom. The first-order chi connectivity index (χ1) is 7.18. The summed E-state index contributed by atoms with van der Waals surface area (Å²) < 4.78 is 10.6. The van der Waals surface area contributed by atoms with Gasteiger partial charge in [-0.25, -0.2) is 0 Å². The summed E-state index contributed by atoms with van der Waals surface area (Å²) in [5.74, 6) is 0.0524. The molecule has 15 heavy (non-hydrogen) atoms. The summed E-state index contributed by atoms with van der Waals surface area (Å²) in [4.78, 5) is 14.3. The standard InChI is InChI=1S/C11H14O3S/c1-7-5-9(8(2)15-7)11(12)10-6-13-3-4-14-10/h5,10H,3-4,6H2,1-2H3. The number of carbonyl (C=O) groups is 1. The third-order valence-corrected chi connectivity index (χ3v) is 3.38. The lowest BCUT2D eigenvalue weighted by atomic mass is 10.1.